The van der Waals surface area contributed by atoms with Gasteiger partial charge in [-0.15, -0.1) is 0 Å². The van der Waals surface area contributed by atoms with E-state index in [-0.39, 0.29) is 23.8 Å². The fourth-order valence-electron chi connectivity index (χ4n) is 1.44. The van der Waals surface area contributed by atoms with Crippen LogP contribution in [0.1, 0.15) is 0 Å². The highest BCUT2D eigenvalue weighted by molar-refractivity contribution is 5.45. The zero-order chi connectivity index (χ0) is 15.5. The maximum atomic E-state index is 10.6. The topological polar surface area (TPSA) is 100 Å². The minimum atomic E-state index is -0.597. The van der Waals surface area contributed by atoms with Crippen LogP contribution in [0.2, 0.25) is 0 Å². The second-order valence-corrected chi connectivity index (χ2v) is 4.01. The minimum Gasteiger partial charge on any atom is -0.508 e. The van der Waals surface area contributed by atoms with Gasteiger partial charge in [-0.25, -0.2) is 0 Å². The smallest absolute Gasteiger partial charge is 0.276 e. The SMILES string of the molecule is COCCOCCOCCOc1cc(O)cc([N+](=O)[O-])c1. The van der Waals surface area contributed by atoms with Crippen LogP contribution in [0, 0.1) is 10.1 Å². The Morgan fingerprint density at radius 3 is 2.29 bits per heavy atom. The monoisotopic (exact) mass is 301 g/mol. The highest BCUT2D eigenvalue weighted by atomic mass is 16.6. The molecule has 0 amide bonds. The summed E-state index contributed by atoms with van der Waals surface area (Å²) in [5.74, 6) is 0.00769. The van der Waals surface area contributed by atoms with E-state index < -0.39 is 4.92 Å². The Morgan fingerprint density at radius 1 is 1.05 bits per heavy atom. The van der Waals surface area contributed by atoms with E-state index in [0.29, 0.717) is 33.0 Å². The Morgan fingerprint density at radius 2 is 1.67 bits per heavy atom. The van der Waals surface area contributed by atoms with Crippen LogP contribution in [-0.4, -0.2) is 56.8 Å². The van der Waals surface area contributed by atoms with Crippen molar-refractivity contribution in [2.75, 3.05) is 46.8 Å². The van der Waals surface area contributed by atoms with Gasteiger partial charge >= 0.3 is 0 Å². The van der Waals surface area contributed by atoms with Gasteiger partial charge in [-0.1, -0.05) is 0 Å². The summed E-state index contributed by atoms with van der Waals surface area (Å²) in [6.45, 7) is 2.48. The summed E-state index contributed by atoms with van der Waals surface area (Å²) in [4.78, 5) is 10.0. The maximum absolute atomic E-state index is 10.6. The highest BCUT2D eigenvalue weighted by Gasteiger charge is 2.09. The second-order valence-electron chi connectivity index (χ2n) is 4.01. The third kappa shape index (κ3) is 7.45. The number of phenolic OH excluding ortho intramolecular Hbond substituents is 1. The van der Waals surface area contributed by atoms with Crippen LogP contribution in [-0.2, 0) is 14.2 Å². The van der Waals surface area contributed by atoms with Gasteiger partial charge in [0.25, 0.3) is 5.69 Å². The number of nitro groups is 1. The molecule has 0 radical (unpaired) electrons. The lowest BCUT2D eigenvalue weighted by molar-refractivity contribution is -0.385. The fourth-order valence-corrected chi connectivity index (χ4v) is 1.44. The Balaban J connectivity index is 2.17. The molecule has 0 fully saturated rings. The second kappa shape index (κ2) is 9.92. The maximum Gasteiger partial charge on any atom is 0.276 e. The molecule has 0 aromatic heterocycles. The lowest BCUT2D eigenvalue weighted by Crippen LogP contribution is -2.12. The molecule has 1 rings (SSSR count). The summed E-state index contributed by atoms with van der Waals surface area (Å²) in [7, 11) is 1.60. The molecule has 0 bridgehead atoms. The number of non-ortho nitro benzene ring substituents is 1. The number of methoxy groups -OCH3 is 1. The van der Waals surface area contributed by atoms with Crippen LogP contribution in [0.15, 0.2) is 18.2 Å². The number of nitro benzene ring substituents is 1. The van der Waals surface area contributed by atoms with Crippen molar-refractivity contribution >= 4 is 5.69 Å². The largest absolute Gasteiger partial charge is 0.508 e. The molecule has 1 aromatic rings. The summed E-state index contributed by atoms with van der Waals surface area (Å²) in [5, 5.41) is 20.0. The first-order chi connectivity index (χ1) is 10.1. The summed E-state index contributed by atoms with van der Waals surface area (Å²) in [5.41, 5.74) is -0.225. The summed E-state index contributed by atoms with van der Waals surface area (Å²) in [6.07, 6.45) is 0. The average molecular weight is 301 g/mol. The van der Waals surface area contributed by atoms with Gasteiger partial charge < -0.3 is 24.1 Å². The van der Waals surface area contributed by atoms with Gasteiger partial charge in [0.15, 0.2) is 0 Å². The zero-order valence-electron chi connectivity index (χ0n) is 11.8. The van der Waals surface area contributed by atoms with E-state index in [2.05, 4.69) is 0 Å². The van der Waals surface area contributed by atoms with Crippen LogP contribution >= 0.6 is 0 Å². The van der Waals surface area contributed by atoms with E-state index in [9.17, 15) is 15.2 Å². The van der Waals surface area contributed by atoms with Gasteiger partial charge in [0.1, 0.15) is 18.1 Å². The van der Waals surface area contributed by atoms with Crippen LogP contribution in [0.4, 0.5) is 5.69 Å². The molecular formula is C13H19NO7. The summed E-state index contributed by atoms with van der Waals surface area (Å²) >= 11 is 0. The normalized spacial score (nSPS) is 10.5. The summed E-state index contributed by atoms with van der Waals surface area (Å²) < 4.78 is 20.5. The third-order valence-electron chi connectivity index (χ3n) is 2.39. The molecule has 1 aromatic carbocycles. The number of nitrogens with zero attached hydrogens (tertiary/aromatic N) is 1. The van der Waals surface area contributed by atoms with E-state index in [1.54, 1.807) is 7.11 Å². The summed E-state index contributed by atoms with van der Waals surface area (Å²) in [6, 6.07) is 3.61. The molecule has 0 spiro atoms. The predicted octanol–water partition coefficient (Wildman–Crippen LogP) is 1.36. The molecule has 1 N–H and O–H groups in total. The van der Waals surface area contributed by atoms with Gasteiger partial charge in [0.2, 0.25) is 0 Å². The quantitative estimate of drug-likeness (QED) is 0.374. The molecule has 0 aliphatic heterocycles. The standard InChI is InChI=1S/C13H19NO7/c1-18-2-3-19-4-5-20-6-7-21-13-9-11(14(16)17)8-12(15)10-13/h8-10,15H,2-7H2,1H3. The molecule has 0 saturated carbocycles. The molecule has 0 heterocycles. The van der Waals surface area contributed by atoms with Crippen LogP contribution < -0.4 is 4.74 Å². The van der Waals surface area contributed by atoms with Crippen molar-refractivity contribution < 1.29 is 29.0 Å². The van der Waals surface area contributed by atoms with E-state index in [1.807, 2.05) is 0 Å². The number of aromatic hydroxyl groups is 1. The lowest BCUT2D eigenvalue weighted by Gasteiger charge is -2.08. The number of phenols is 1. The fraction of sp³-hybridized carbons (Fsp3) is 0.538. The molecule has 21 heavy (non-hydrogen) atoms. The number of hydrogen-bond acceptors (Lipinski definition) is 7. The van der Waals surface area contributed by atoms with Gasteiger partial charge in [-0.05, 0) is 0 Å². The molecule has 8 heteroatoms. The number of ether oxygens (including phenoxy) is 4. The number of rotatable bonds is 11. The molecule has 0 atom stereocenters. The van der Waals surface area contributed by atoms with Crippen molar-refractivity contribution in [1.29, 1.82) is 0 Å². The molecule has 0 saturated heterocycles. The third-order valence-corrected chi connectivity index (χ3v) is 2.39. The first-order valence-electron chi connectivity index (χ1n) is 6.39. The van der Waals surface area contributed by atoms with Crippen LogP contribution in [0.5, 0.6) is 11.5 Å². The van der Waals surface area contributed by atoms with Crippen LogP contribution in [0.25, 0.3) is 0 Å². The molecule has 8 nitrogen and oxygen atoms in total. The van der Waals surface area contributed by atoms with Crippen molar-refractivity contribution in [3.05, 3.63) is 28.3 Å². The van der Waals surface area contributed by atoms with Crippen molar-refractivity contribution in [2.24, 2.45) is 0 Å². The predicted molar refractivity (Wildman–Crippen MR) is 73.8 cm³/mol. The molecule has 118 valence electrons. The van der Waals surface area contributed by atoms with Gasteiger partial charge in [0, 0.05) is 13.2 Å². The molecular weight excluding hydrogens is 282 g/mol. The van der Waals surface area contributed by atoms with Crippen LogP contribution in [0.3, 0.4) is 0 Å². The molecule has 0 aliphatic rings. The van der Waals surface area contributed by atoms with E-state index in [4.69, 9.17) is 18.9 Å². The van der Waals surface area contributed by atoms with Crippen molar-refractivity contribution in [1.82, 2.24) is 0 Å². The van der Waals surface area contributed by atoms with Crippen molar-refractivity contribution in [2.45, 2.75) is 0 Å². The first kappa shape index (κ1) is 17.2. The minimum absolute atomic E-state index is 0.216. The van der Waals surface area contributed by atoms with Gasteiger partial charge in [-0.3, -0.25) is 10.1 Å². The van der Waals surface area contributed by atoms with Gasteiger partial charge in [0.05, 0.1) is 50.1 Å². The Kier molecular flexibility index (Phi) is 8.10. The Hall–Kier alpha value is -1.90. The van der Waals surface area contributed by atoms with E-state index in [1.165, 1.54) is 12.1 Å². The number of hydrogen-bond donors (Lipinski definition) is 1. The lowest BCUT2D eigenvalue weighted by atomic mass is 10.3. The number of benzene rings is 1. The molecule has 0 unspecified atom stereocenters. The molecule has 0 aliphatic carbocycles. The van der Waals surface area contributed by atoms with Crippen molar-refractivity contribution in [3.8, 4) is 11.5 Å². The Bertz CT molecular complexity index is 439. The zero-order valence-corrected chi connectivity index (χ0v) is 11.8. The average Bonchev–Trinajstić information content (AvgIpc) is 2.45. The van der Waals surface area contributed by atoms with Gasteiger partial charge in [-0.2, -0.15) is 0 Å². The first-order valence-corrected chi connectivity index (χ1v) is 6.39. The van der Waals surface area contributed by atoms with E-state index >= 15 is 0 Å². The Labute approximate surface area is 122 Å². The highest BCUT2D eigenvalue weighted by Crippen LogP contribution is 2.26. The van der Waals surface area contributed by atoms with E-state index in [0.717, 1.165) is 6.07 Å². The van der Waals surface area contributed by atoms with Crippen molar-refractivity contribution in [3.63, 3.8) is 0 Å².